The molecule has 0 amide bonds. The summed E-state index contributed by atoms with van der Waals surface area (Å²) in [4.78, 5) is 17.6. The molecule has 1 aromatic rings. The molecule has 0 radical (unpaired) electrons. The molecule has 1 fully saturated rings. The maximum atomic E-state index is 11.6. The number of rotatable bonds is 3. The Bertz CT molecular complexity index is 411. The lowest BCUT2D eigenvalue weighted by atomic mass is 10.2. The maximum Gasteiger partial charge on any atom is 0.323 e. The minimum atomic E-state index is -0.150. The zero-order chi connectivity index (χ0) is 12.3. The summed E-state index contributed by atoms with van der Waals surface area (Å²) >= 11 is 5.84. The zero-order valence-corrected chi connectivity index (χ0v) is 10.5. The van der Waals surface area contributed by atoms with E-state index in [9.17, 15) is 4.79 Å². The summed E-state index contributed by atoms with van der Waals surface area (Å²) in [6, 6.07) is 3.62. The lowest BCUT2D eigenvalue weighted by Gasteiger charge is -2.22. The molecule has 0 unspecified atom stereocenters. The van der Waals surface area contributed by atoms with Crippen LogP contribution in [0.4, 0.5) is 0 Å². The van der Waals surface area contributed by atoms with E-state index in [1.807, 2.05) is 12.1 Å². The minimum absolute atomic E-state index is 0.119. The molecule has 1 aliphatic rings. The fourth-order valence-corrected chi connectivity index (χ4v) is 2.39. The van der Waals surface area contributed by atoms with Gasteiger partial charge in [0.25, 0.3) is 0 Å². The van der Waals surface area contributed by atoms with E-state index in [1.54, 1.807) is 6.20 Å². The number of likely N-dealkylation sites (tertiary alicyclic amines) is 1. The molecule has 1 aliphatic heterocycles. The Morgan fingerprint density at radius 3 is 3.24 bits per heavy atom. The van der Waals surface area contributed by atoms with Crippen LogP contribution in [0.3, 0.4) is 0 Å². The third kappa shape index (κ3) is 2.96. The Kier molecular flexibility index (Phi) is 3.97. The van der Waals surface area contributed by atoms with Crippen molar-refractivity contribution in [1.29, 1.82) is 0 Å². The molecule has 0 saturated carbocycles. The Hall–Kier alpha value is -1.13. The summed E-state index contributed by atoms with van der Waals surface area (Å²) < 4.78 is 4.81. The van der Waals surface area contributed by atoms with Crippen LogP contribution in [0.15, 0.2) is 18.3 Å². The summed E-state index contributed by atoms with van der Waals surface area (Å²) in [5.41, 5.74) is 1.07. The van der Waals surface area contributed by atoms with Gasteiger partial charge in [0.1, 0.15) is 11.2 Å². The fourth-order valence-electron chi connectivity index (χ4n) is 2.19. The summed E-state index contributed by atoms with van der Waals surface area (Å²) in [6.07, 6.45) is 3.57. The Morgan fingerprint density at radius 2 is 2.53 bits per heavy atom. The molecule has 2 heterocycles. The van der Waals surface area contributed by atoms with Crippen LogP contribution in [0.25, 0.3) is 0 Å². The lowest BCUT2D eigenvalue weighted by Crippen LogP contribution is -2.36. The van der Waals surface area contributed by atoms with Gasteiger partial charge in [-0.1, -0.05) is 11.6 Å². The highest BCUT2D eigenvalue weighted by atomic mass is 35.5. The average molecular weight is 255 g/mol. The van der Waals surface area contributed by atoms with E-state index in [0.717, 1.165) is 24.9 Å². The second-order valence-electron chi connectivity index (χ2n) is 4.14. The highest BCUT2D eigenvalue weighted by Crippen LogP contribution is 2.21. The molecular formula is C12H15ClN2O2. The molecule has 92 valence electrons. The van der Waals surface area contributed by atoms with E-state index in [1.165, 1.54) is 7.11 Å². The van der Waals surface area contributed by atoms with Crippen LogP contribution in [0.2, 0.25) is 5.15 Å². The highest BCUT2D eigenvalue weighted by Gasteiger charge is 2.31. The molecule has 1 atom stereocenters. The number of carbonyl (C=O) groups is 1. The van der Waals surface area contributed by atoms with E-state index < -0.39 is 0 Å². The fraction of sp³-hybridized carbons (Fsp3) is 0.500. The van der Waals surface area contributed by atoms with Crippen molar-refractivity contribution in [3.63, 3.8) is 0 Å². The van der Waals surface area contributed by atoms with Crippen molar-refractivity contribution >= 4 is 17.6 Å². The predicted molar refractivity (Wildman–Crippen MR) is 64.7 cm³/mol. The van der Waals surface area contributed by atoms with E-state index in [2.05, 4.69) is 9.88 Å². The van der Waals surface area contributed by atoms with Crippen LogP contribution in [0.5, 0.6) is 0 Å². The molecule has 1 saturated heterocycles. The van der Waals surface area contributed by atoms with E-state index in [0.29, 0.717) is 11.7 Å². The predicted octanol–water partition coefficient (Wildman–Crippen LogP) is 1.87. The van der Waals surface area contributed by atoms with Crippen LogP contribution in [0, 0.1) is 0 Å². The normalized spacial score (nSPS) is 20.5. The first-order valence-electron chi connectivity index (χ1n) is 5.63. The van der Waals surface area contributed by atoms with Crippen molar-refractivity contribution in [3.05, 3.63) is 29.0 Å². The maximum absolute atomic E-state index is 11.6. The second kappa shape index (κ2) is 5.47. The number of methoxy groups -OCH3 is 1. The van der Waals surface area contributed by atoms with Crippen molar-refractivity contribution in [1.82, 2.24) is 9.88 Å². The first-order valence-corrected chi connectivity index (χ1v) is 6.01. The van der Waals surface area contributed by atoms with Gasteiger partial charge >= 0.3 is 5.97 Å². The Labute approximate surface area is 106 Å². The standard InChI is InChI=1S/C12H15ClN2O2/c1-17-12(16)10-3-2-6-15(10)8-9-4-5-14-11(13)7-9/h4-5,7,10H,2-3,6,8H2,1H3/t10-/m0/s1. The molecule has 5 heteroatoms. The van der Waals surface area contributed by atoms with Crippen molar-refractivity contribution < 1.29 is 9.53 Å². The summed E-state index contributed by atoms with van der Waals surface area (Å²) in [5, 5.41) is 0.483. The van der Waals surface area contributed by atoms with Crippen LogP contribution in [0.1, 0.15) is 18.4 Å². The molecule has 0 aliphatic carbocycles. The van der Waals surface area contributed by atoms with Gasteiger partial charge in [-0.2, -0.15) is 0 Å². The number of aromatic nitrogens is 1. The molecule has 0 aromatic carbocycles. The molecule has 17 heavy (non-hydrogen) atoms. The summed E-state index contributed by atoms with van der Waals surface area (Å²) in [7, 11) is 1.43. The van der Waals surface area contributed by atoms with Gasteiger partial charge in [-0.25, -0.2) is 4.98 Å². The number of pyridine rings is 1. The van der Waals surface area contributed by atoms with Crippen LogP contribution in [-0.2, 0) is 16.1 Å². The Morgan fingerprint density at radius 1 is 1.71 bits per heavy atom. The lowest BCUT2D eigenvalue weighted by molar-refractivity contribution is -0.146. The minimum Gasteiger partial charge on any atom is -0.468 e. The SMILES string of the molecule is COC(=O)[C@@H]1CCCN1Cc1ccnc(Cl)c1. The van der Waals surface area contributed by atoms with Crippen molar-refractivity contribution in [2.45, 2.75) is 25.4 Å². The quantitative estimate of drug-likeness (QED) is 0.610. The van der Waals surface area contributed by atoms with Gasteiger partial charge < -0.3 is 4.74 Å². The number of hydrogen-bond donors (Lipinski definition) is 0. The highest BCUT2D eigenvalue weighted by molar-refractivity contribution is 6.29. The van der Waals surface area contributed by atoms with Gasteiger partial charge in [0, 0.05) is 12.7 Å². The van der Waals surface area contributed by atoms with Crippen LogP contribution >= 0.6 is 11.6 Å². The molecule has 0 spiro atoms. The second-order valence-corrected chi connectivity index (χ2v) is 4.53. The molecule has 1 aromatic heterocycles. The number of carbonyl (C=O) groups excluding carboxylic acids is 1. The first kappa shape index (κ1) is 12.3. The molecule has 0 N–H and O–H groups in total. The van der Waals surface area contributed by atoms with E-state index in [-0.39, 0.29) is 12.0 Å². The molecule has 0 bridgehead atoms. The van der Waals surface area contributed by atoms with Crippen LogP contribution < -0.4 is 0 Å². The molecule has 4 nitrogen and oxygen atoms in total. The van der Waals surface area contributed by atoms with Gasteiger partial charge in [-0.3, -0.25) is 9.69 Å². The number of nitrogens with zero attached hydrogens (tertiary/aromatic N) is 2. The zero-order valence-electron chi connectivity index (χ0n) is 9.73. The third-order valence-corrected chi connectivity index (χ3v) is 3.22. The van der Waals surface area contributed by atoms with Gasteiger partial charge in [0.15, 0.2) is 0 Å². The number of halogens is 1. The van der Waals surface area contributed by atoms with Gasteiger partial charge in [0.05, 0.1) is 7.11 Å². The van der Waals surface area contributed by atoms with Crippen LogP contribution in [-0.4, -0.2) is 35.5 Å². The van der Waals surface area contributed by atoms with Gasteiger partial charge in [0.2, 0.25) is 0 Å². The summed E-state index contributed by atoms with van der Waals surface area (Å²) in [6.45, 7) is 1.63. The van der Waals surface area contributed by atoms with Gasteiger partial charge in [-0.15, -0.1) is 0 Å². The topological polar surface area (TPSA) is 42.4 Å². The Balaban J connectivity index is 2.05. The summed E-state index contributed by atoms with van der Waals surface area (Å²) in [5.74, 6) is -0.150. The third-order valence-electron chi connectivity index (χ3n) is 3.01. The van der Waals surface area contributed by atoms with Crippen molar-refractivity contribution in [3.8, 4) is 0 Å². The molecule has 2 rings (SSSR count). The molecular weight excluding hydrogens is 240 g/mol. The monoisotopic (exact) mass is 254 g/mol. The number of ether oxygens (including phenoxy) is 1. The largest absolute Gasteiger partial charge is 0.468 e. The van der Waals surface area contributed by atoms with E-state index in [4.69, 9.17) is 16.3 Å². The number of esters is 1. The average Bonchev–Trinajstić information content (AvgIpc) is 2.76. The van der Waals surface area contributed by atoms with Crippen molar-refractivity contribution in [2.24, 2.45) is 0 Å². The smallest absolute Gasteiger partial charge is 0.323 e. The van der Waals surface area contributed by atoms with E-state index >= 15 is 0 Å². The number of hydrogen-bond acceptors (Lipinski definition) is 4. The van der Waals surface area contributed by atoms with Crippen molar-refractivity contribution in [2.75, 3.05) is 13.7 Å². The first-order chi connectivity index (χ1) is 8.20. The van der Waals surface area contributed by atoms with Gasteiger partial charge in [-0.05, 0) is 37.1 Å².